The molecule has 7 heteroatoms. The van der Waals surface area contributed by atoms with E-state index in [0.29, 0.717) is 11.4 Å². The van der Waals surface area contributed by atoms with Gasteiger partial charge in [0.25, 0.3) is 0 Å². The number of thiazole rings is 1. The van der Waals surface area contributed by atoms with E-state index in [2.05, 4.69) is 31.1 Å². The van der Waals surface area contributed by atoms with Gasteiger partial charge in [-0.1, -0.05) is 32.9 Å². The molecule has 0 atom stereocenters. The van der Waals surface area contributed by atoms with E-state index in [9.17, 15) is 4.79 Å². The smallest absolute Gasteiger partial charge is 0.230 e. The summed E-state index contributed by atoms with van der Waals surface area (Å²) in [4.78, 5) is 16.5. The Morgan fingerprint density at radius 1 is 1.27 bits per heavy atom. The molecule has 1 aromatic heterocycles. The fourth-order valence-electron chi connectivity index (χ4n) is 1.70. The molecule has 1 heterocycles. The lowest BCUT2D eigenvalue weighted by Gasteiger charge is -2.13. The summed E-state index contributed by atoms with van der Waals surface area (Å²) in [6.45, 7) is 6.33. The number of halogens is 2. The molecule has 0 aliphatic carbocycles. The van der Waals surface area contributed by atoms with E-state index in [4.69, 9.17) is 5.73 Å². The maximum absolute atomic E-state index is 12.0. The van der Waals surface area contributed by atoms with Crippen LogP contribution in [0.4, 0.5) is 11.4 Å². The van der Waals surface area contributed by atoms with E-state index in [1.807, 2.05) is 17.5 Å². The quantitative estimate of drug-likeness (QED) is 0.810. The summed E-state index contributed by atoms with van der Waals surface area (Å²) in [6, 6.07) is 7.22. The summed E-state index contributed by atoms with van der Waals surface area (Å²) >= 11 is 1.59. The first-order valence-corrected chi connectivity index (χ1v) is 7.33. The van der Waals surface area contributed by atoms with Gasteiger partial charge in [0, 0.05) is 10.8 Å². The number of anilines is 2. The zero-order valence-corrected chi connectivity index (χ0v) is 15.2. The van der Waals surface area contributed by atoms with E-state index in [1.54, 1.807) is 23.5 Å². The number of carbonyl (C=O) groups is 1. The number of carbonyl (C=O) groups excluding carboxylic acids is 1. The lowest BCUT2D eigenvalue weighted by Crippen LogP contribution is -2.16. The summed E-state index contributed by atoms with van der Waals surface area (Å²) < 4.78 is 0. The van der Waals surface area contributed by atoms with Crippen molar-refractivity contribution in [2.45, 2.75) is 32.6 Å². The number of nitrogens with two attached hydrogens (primary N) is 1. The third-order valence-corrected chi connectivity index (χ3v) is 4.09. The molecule has 4 nitrogen and oxygen atoms in total. The molecule has 2 aromatic rings. The zero-order chi connectivity index (χ0) is 14.8. The third-order valence-electron chi connectivity index (χ3n) is 2.77. The van der Waals surface area contributed by atoms with Gasteiger partial charge in [0.2, 0.25) is 5.91 Å². The van der Waals surface area contributed by atoms with Crippen LogP contribution in [-0.2, 0) is 16.6 Å². The Labute approximate surface area is 147 Å². The number of nitrogens with zero attached hydrogens (tertiary/aromatic N) is 1. The van der Waals surface area contributed by atoms with Crippen molar-refractivity contribution in [3.05, 3.63) is 40.3 Å². The average molecular weight is 362 g/mol. The molecule has 0 spiro atoms. The molecule has 0 aliphatic rings. The first-order chi connectivity index (χ1) is 9.36. The Morgan fingerprint density at radius 2 is 1.91 bits per heavy atom. The number of rotatable bonds is 3. The van der Waals surface area contributed by atoms with Crippen molar-refractivity contribution in [2.75, 3.05) is 11.1 Å². The molecule has 1 amide bonds. The number of nitrogen functional groups attached to an aromatic ring is 1. The van der Waals surface area contributed by atoms with Crippen molar-refractivity contribution in [1.29, 1.82) is 0 Å². The normalized spacial score (nSPS) is 10.3. The largest absolute Gasteiger partial charge is 0.397 e. The van der Waals surface area contributed by atoms with Gasteiger partial charge in [-0.25, -0.2) is 4.98 Å². The third kappa shape index (κ3) is 5.48. The summed E-state index contributed by atoms with van der Waals surface area (Å²) in [5.41, 5.74) is 7.82. The molecule has 0 saturated carbocycles. The molecule has 122 valence electrons. The Kier molecular flexibility index (Phi) is 7.87. The maximum atomic E-state index is 12.0. The average Bonchev–Trinajstić information content (AvgIpc) is 2.80. The van der Waals surface area contributed by atoms with E-state index in [-0.39, 0.29) is 42.6 Å². The summed E-state index contributed by atoms with van der Waals surface area (Å²) in [6.07, 6.45) is 0.265. The first-order valence-electron chi connectivity index (χ1n) is 6.45. The minimum Gasteiger partial charge on any atom is -0.397 e. The van der Waals surface area contributed by atoms with Gasteiger partial charge in [0.05, 0.1) is 28.5 Å². The number of hydrogen-bond acceptors (Lipinski definition) is 4. The second-order valence-electron chi connectivity index (χ2n) is 5.71. The molecule has 2 rings (SSSR count). The second-order valence-corrected chi connectivity index (χ2v) is 6.56. The van der Waals surface area contributed by atoms with Crippen LogP contribution < -0.4 is 11.1 Å². The molecule has 0 unspecified atom stereocenters. The van der Waals surface area contributed by atoms with Crippen LogP contribution in [0, 0.1) is 0 Å². The topological polar surface area (TPSA) is 68.0 Å². The van der Waals surface area contributed by atoms with E-state index in [0.717, 1.165) is 10.7 Å². The molecule has 1 aromatic carbocycles. The molecule has 0 bridgehead atoms. The number of benzene rings is 1. The summed E-state index contributed by atoms with van der Waals surface area (Å²) in [7, 11) is 0. The lowest BCUT2D eigenvalue weighted by molar-refractivity contribution is -0.115. The van der Waals surface area contributed by atoms with Crippen LogP contribution in [-0.4, -0.2) is 10.9 Å². The lowest BCUT2D eigenvalue weighted by atomic mass is 9.98. The Bertz CT molecular complexity index is 623. The Hall–Kier alpha value is -1.30. The summed E-state index contributed by atoms with van der Waals surface area (Å²) in [5.74, 6) is -0.103. The van der Waals surface area contributed by atoms with Crippen LogP contribution in [0.5, 0.6) is 0 Å². The van der Waals surface area contributed by atoms with Crippen LogP contribution in [0.2, 0.25) is 0 Å². The standard InChI is InChI=1S/C15H19N3OS.2ClH/c1-15(2,3)14-17-10(9-20-14)8-13(19)18-12-7-5-4-6-11(12)16;;/h4-7,9H,8,16H2,1-3H3,(H,18,19);2*1H. The molecular weight excluding hydrogens is 341 g/mol. The minimum atomic E-state index is -0.103. The Morgan fingerprint density at radius 3 is 2.45 bits per heavy atom. The van der Waals surface area contributed by atoms with Crippen molar-refractivity contribution in [1.82, 2.24) is 4.98 Å². The number of nitrogens with one attached hydrogen (secondary N) is 1. The van der Waals surface area contributed by atoms with Gasteiger partial charge >= 0.3 is 0 Å². The van der Waals surface area contributed by atoms with E-state index in [1.165, 1.54) is 0 Å². The van der Waals surface area contributed by atoms with Gasteiger partial charge in [-0.05, 0) is 12.1 Å². The maximum Gasteiger partial charge on any atom is 0.230 e. The highest BCUT2D eigenvalue weighted by molar-refractivity contribution is 7.09. The number of para-hydroxylation sites is 2. The SMILES string of the molecule is CC(C)(C)c1nc(CC(=O)Nc2ccccc2N)cs1.Cl.Cl. The minimum absolute atomic E-state index is 0. The molecule has 0 radical (unpaired) electrons. The van der Waals surface area contributed by atoms with Gasteiger partial charge in [-0.2, -0.15) is 0 Å². The Balaban J connectivity index is 0.00000220. The molecule has 0 aliphatic heterocycles. The van der Waals surface area contributed by atoms with Crippen LogP contribution in [0.1, 0.15) is 31.5 Å². The van der Waals surface area contributed by atoms with Crippen molar-refractivity contribution in [3.63, 3.8) is 0 Å². The highest BCUT2D eigenvalue weighted by atomic mass is 35.5. The summed E-state index contributed by atoms with van der Waals surface area (Å²) in [5, 5.41) is 5.79. The highest BCUT2D eigenvalue weighted by Gasteiger charge is 2.18. The predicted octanol–water partition coefficient (Wildman–Crippen LogP) is 4.05. The van der Waals surface area contributed by atoms with Gasteiger partial charge in [-0.15, -0.1) is 36.2 Å². The molecule has 0 fully saturated rings. The zero-order valence-electron chi connectivity index (χ0n) is 12.8. The van der Waals surface area contributed by atoms with Crippen LogP contribution in [0.15, 0.2) is 29.6 Å². The predicted molar refractivity (Wildman–Crippen MR) is 98.5 cm³/mol. The van der Waals surface area contributed by atoms with Crippen LogP contribution in [0.25, 0.3) is 0 Å². The monoisotopic (exact) mass is 361 g/mol. The molecule has 3 N–H and O–H groups in total. The van der Waals surface area contributed by atoms with Gasteiger partial charge in [0.1, 0.15) is 0 Å². The van der Waals surface area contributed by atoms with E-state index >= 15 is 0 Å². The number of hydrogen-bond donors (Lipinski definition) is 2. The number of aromatic nitrogens is 1. The fourth-order valence-corrected chi connectivity index (χ4v) is 2.61. The molecule has 0 saturated heterocycles. The first kappa shape index (κ1) is 20.7. The van der Waals surface area contributed by atoms with Gasteiger partial charge < -0.3 is 11.1 Å². The van der Waals surface area contributed by atoms with Crippen molar-refractivity contribution >= 4 is 53.4 Å². The van der Waals surface area contributed by atoms with E-state index < -0.39 is 0 Å². The highest BCUT2D eigenvalue weighted by Crippen LogP contribution is 2.26. The van der Waals surface area contributed by atoms with Gasteiger partial charge in [-0.3, -0.25) is 4.79 Å². The van der Waals surface area contributed by atoms with Crippen molar-refractivity contribution < 1.29 is 4.79 Å². The molecule has 22 heavy (non-hydrogen) atoms. The second kappa shape index (κ2) is 8.36. The van der Waals surface area contributed by atoms with Crippen LogP contribution in [0.3, 0.4) is 0 Å². The fraction of sp³-hybridized carbons (Fsp3) is 0.333. The van der Waals surface area contributed by atoms with Crippen LogP contribution >= 0.6 is 36.2 Å². The molecular formula is C15H21Cl2N3OS. The van der Waals surface area contributed by atoms with Crippen molar-refractivity contribution in [2.24, 2.45) is 0 Å². The number of amides is 1. The van der Waals surface area contributed by atoms with Gasteiger partial charge in [0.15, 0.2) is 0 Å². The van der Waals surface area contributed by atoms with Crippen molar-refractivity contribution in [3.8, 4) is 0 Å².